The maximum Gasteiger partial charge on any atom is 0.416 e. The second-order valence-corrected chi connectivity index (χ2v) is 9.11. The number of piperidine rings is 1. The number of rotatable bonds is 6. The SMILES string of the molecule is C[C@H](NC(=O)c1cc(C(F)(F)F)cc(C(F)(F)F)c1)c1ncnn1-c1ccc(C(O)N2CCC(O)CC2)cn1. The number of aliphatic hydroxyl groups excluding tert-OH is 2. The second-order valence-electron chi connectivity index (χ2n) is 9.11. The zero-order valence-corrected chi connectivity index (χ0v) is 20.4. The van der Waals surface area contributed by atoms with Crippen LogP contribution in [0.5, 0.6) is 0 Å². The van der Waals surface area contributed by atoms with Crippen molar-refractivity contribution >= 4 is 5.91 Å². The zero-order chi connectivity index (χ0) is 28.5. The highest BCUT2D eigenvalue weighted by atomic mass is 19.4. The average Bonchev–Trinajstić information content (AvgIpc) is 3.38. The van der Waals surface area contributed by atoms with E-state index in [2.05, 4.69) is 20.4 Å². The largest absolute Gasteiger partial charge is 0.416 e. The number of halogens is 6. The Morgan fingerprint density at radius 3 is 2.18 bits per heavy atom. The van der Waals surface area contributed by atoms with E-state index in [1.165, 1.54) is 23.9 Å². The highest BCUT2D eigenvalue weighted by molar-refractivity contribution is 5.94. The predicted molar refractivity (Wildman–Crippen MR) is 123 cm³/mol. The standard InChI is InChI=1S/C24H24F6N6O3/c1-13(34-21(38)15-8-16(23(25,26)27)10-17(9-15)24(28,29)30)20-32-12-33-36(20)19-3-2-14(11-31-19)22(39)35-6-4-18(37)5-7-35/h2-3,8-13,18,22,37,39H,4-7H2,1H3,(H,34,38)/t13-,22?/m0/s1. The van der Waals surface area contributed by atoms with Gasteiger partial charge in [-0.3, -0.25) is 9.69 Å². The van der Waals surface area contributed by atoms with Gasteiger partial charge in [-0.15, -0.1) is 0 Å². The van der Waals surface area contributed by atoms with E-state index in [4.69, 9.17) is 0 Å². The Hall–Kier alpha value is -3.56. The number of hydrogen-bond acceptors (Lipinski definition) is 7. The summed E-state index contributed by atoms with van der Waals surface area (Å²) in [4.78, 5) is 22.8. The molecule has 4 rings (SSSR count). The number of carbonyl (C=O) groups excluding carboxylic acids is 1. The number of nitrogens with zero attached hydrogens (tertiary/aromatic N) is 5. The smallest absolute Gasteiger partial charge is 0.393 e. The quantitative estimate of drug-likeness (QED) is 0.396. The molecule has 9 nitrogen and oxygen atoms in total. The van der Waals surface area contributed by atoms with Gasteiger partial charge in [0.2, 0.25) is 0 Å². The molecule has 1 fully saturated rings. The van der Waals surface area contributed by atoms with Crippen molar-refractivity contribution in [2.24, 2.45) is 0 Å². The maximum atomic E-state index is 13.2. The summed E-state index contributed by atoms with van der Waals surface area (Å²) < 4.78 is 80.3. The highest BCUT2D eigenvalue weighted by Crippen LogP contribution is 2.36. The van der Waals surface area contributed by atoms with Crippen LogP contribution >= 0.6 is 0 Å². The second kappa shape index (κ2) is 10.9. The van der Waals surface area contributed by atoms with Crippen LogP contribution in [0.2, 0.25) is 0 Å². The molecule has 1 unspecified atom stereocenters. The van der Waals surface area contributed by atoms with Crippen LogP contribution in [0.3, 0.4) is 0 Å². The molecule has 3 N–H and O–H groups in total. The van der Waals surface area contributed by atoms with Crippen LogP contribution in [0.25, 0.3) is 5.82 Å². The Labute approximate surface area is 218 Å². The third-order valence-electron chi connectivity index (χ3n) is 6.29. The zero-order valence-electron chi connectivity index (χ0n) is 20.4. The third kappa shape index (κ3) is 6.54. The molecule has 1 aliphatic rings. The van der Waals surface area contributed by atoms with E-state index >= 15 is 0 Å². The molecule has 0 radical (unpaired) electrons. The summed E-state index contributed by atoms with van der Waals surface area (Å²) in [5, 5.41) is 26.7. The number of aromatic nitrogens is 4. The van der Waals surface area contributed by atoms with E-state index in [1.54, 1.807) is 11.0 Å². The van der Waals surface area contributed by atoms with Gasteiger partial charge in [-0.25, -0.2) is 9.97 Å². The van der Waals surface area contributed by atoms with E-state index in [9.17, 15) is 41.4 Å². The summed E-state index contributed by atoms with van der Waals surface area (Å²) in [6.07, 6.45) is -7.90. The van der Waals surface area contributed by atoms with Crippen molar-refractivity contribution in [1.82, 2.24) is 30.0 Å². The average molecular weight is 558 g/mol. The summed E-state index contributed by atoms with van der Waals surface area (Å²) >= 11 is 0. The molecule has 1 aromatic carbocycles. The van der Waals surface area contributed by atoms with Gasteiger partial charge in [-0.1, -0.05) is 0 Å². The lowest BCUT2D eigenvalue weighted by atomic mass is 10.0. The molecule has 0 spiro atoms. The molecule has 1 saturated heterocycles. The van der Waals surface area contributed by atoms with Crippen molar-refractivity contribution in [3.8, 4) is 5.82 Å². The van der Waals surface area contributed by atoms with Gasteiger partial charge >= 0.3 is 12.4 Å². The van der Waals surface area contributed by atoms with Crippen LogP contribution in [0.1, 0.15) is 64.9 Å². The van der Waals surface area contributed by atoms with Gasteiger partial charge in [0, 0.05) is 30.4 Å². The lowest BCUT2D eigenvalue weighted by molar-refractivity contribution is -0.143. The number of carbonyl (C=O) groups is 1. The van der Waals surface area contributed by atoms with Crippen molar-refractivity contribution in [3.05, 3.63) is 70.9 Å². The molecule has 1 amide bonds. The van der Waals surface area contributed by atoms with Crippen molar-refractivity contribution < 1.29 is 41.4 Å². The van der Waals surface area contributed by atoms with Crippen LogP contribution < -0.4 is 5.32 Å². The van der Waals surface area contributed by atoms with Gasteiger partial charge in [-0.05, 0) is 50.1 Å². The van der Waals surface area contributed by atoms with E-state index < -0.39 is 53.3 Å². The summed E-state index contributed by atoms with van der Waals surface area (Å²) in [6, 6.07) is 2.78. The Morgan fingerprint density at radius 2 is 1.64 bits per heavy atom. The third-order valence-corrected chi connectivity index (χ3v) is 6.29. The predicted octanol–water partition coefficient (Wildman–Crippen LogP) is 3.64. The Bertz CT molecular complexity index is 1270. The molecule has 3 heterocycles. The number of benzene rings is 1. The first kappa shape index (κ1) is 28.4. The Morgan fingerprint density at radius 1 is 1.03 bits per heavy atom. The molecule has 3 aromatic rings. The topological polar surface area (TPSA) is 116 Å². The van der Waals surface area contributed by atoms with Crippen LogP contribution in [-0.4, -0.2) is 60.0 Å². The number of nitrogens with one attached hydrogen (secondary N) is 1. The number of aliphatic hydroxyl groups is 2. The van der Waals surface area contributed by atoms with Crippen molar-refractivity contribution in [3.63, 3.8) is 0 Å². The molecule has 2 aromatic heterocycles. The molecule has 39 heavy (non-hydrogen) atoms. The molecule has 2 atom stereocenters. The lowest BCUT2D eigenvalue weighted by Crippen LogP contribution is -2.38. The maximum absolute atomic E-state index is 13.2. The lowest BCUT2D eigenvalue weighted by Gasteiger charge is -2.33. The molecular weight excluding hydrogens is 534 g/mol. The van der Waals surface area contributed by atoms with E-state index in [0.29, 0.717) is 43.6 Å². The fourth-order valence-corrected chi connectivity index (χ4v) is 4.17. The van der Waals surface area contributed by atoms with E-state index in [-0.39, 0.29) is 17.7 Å². The molecule has 15 heteroatoms. The van der Waals surface area contributed by atoms with Crippen LogP contribution in [0.15, 0.2) is 42.9 Å². The van der Waals surface area contributed by atoms with Crippen molar-refractivity contribution in [1.29, 1.82) is 0 Å². The number of amides is 1. The molecule has 0 aliphatic carbocycles. The summed E-state index contributed by atoms with van der Waals surface area (Å²) in [5.74, 6) is -0.823. The van der Waals surface area contributed by atoms with Gasteiger partial charge in [0.25, 0.3) is 5.91 Å². The molecule has 0 bridgehead atoms. The number of alkyl halides is 6. The van der Waals surface area contributed by atoms with Gasteiger partial charge in [-0.2, -0.15) is 36.1 Å². The minimum Gasteiger partial charge on any atom is -0.393 e. The normalized spacial score (nSPS) is 17.2. The Kier molecular flexibility index (Phi) is 7.95. The molecule has 210 valence electrons. The fourth-order valence-electron chi connectivity index (χ4n) is 4.17. The number of pyridine rings is 1. The van der Waals surface area contributed by atoms with E-state index in [0.717, 1.165) is 6.33 Å². The Balaban J connectivity index is 1.51. The fraction of sp³-hybridized carbons (Fsp3) is 0.417. The van der Waals surface area contributed by atoms with Gasteiger partial charge < -0.3 is 15.5 Å². The highest BCUT2D eigenvalue weighted by Gasteiger charge is 2.37. The van der Waals surface area contributed by atoms with Crippen molar-refractivity contribution in [2.75, 3.05) is 13.1 Å². The summed E-state index contributed by atoms with van der Waals surface area (Å²) in [5.41, 5.74) is -3.55. The van der Waals surface area contributed by atoms with Crippen molar-refractivity contribution in [2.45, 2.75) is 50.5 Å². The first-order valence-corrected chi connectivity index (χ1v) is 11.8. The monoisotopic (exact) mass is 558 g/mol. The first-order valence-electron chi connectivity index (χ1n) is 11.8. The molecule has 1 aliphatic heterocycles. The first-order chi connectivity index (χ1) is 18.2. The minimum absolute atomic E-state index is 0.0578. The van der Waals surface area contributed by atoms with Gasteiger partial charge in [0.1, 0.15) is 12.6 Å². The molecular formula is C24H24F6N6O3. The van der Waals surface area contributed by atoms with Crippen LogP contribution in [0.4, 0.5) is 26.3 Å². The van der Waals surface area contributed by atoms with E-state index in [1.807, 2.05) is 0 Å². The van der Waals surface area contributed by atoms with Gasteiger partial charge in [0.15, 0.2) is 11.6 Å². The van der Waals surface area contributed by atoms with Gasteiger partial charge in [0.05, 0.1) is 23.3 Å². The number of hydrogen-bond donors (Lipinski definition) is 3. The van der Waals surface area contributed by atoms with Crippen LogP contribution in [0, 0.1) is 0 Å². The summed E-state index contributed by atoms with van der Waals surface area (Å²) in [6.45, 7) is 2.44. The summed E-state index contributed by atoms with van der Waals surface area (Å²) in [7, 11) is 0. The molecule has 0 saturated carbocycles. The minimum atomic E-state index is -5.09. The number of likely N-dealkylation sites (tertiary alicyclic amines) is 1. The van der Waals surface area contributed by atoms with Crippen LogP contribution in [-0.2, 0) is 12.4 Å².